The largest absolute Gasteiger partial charge is 0.461 e. The Bertz CT molecular complexity index is 455. The van der Waals surface area contributed by atoms with Crippen LogP contribution in [0.4, 0.5) is 0 Å². The van der Waals surface area contributed by atoms with Gasteiger partial charge in [-0.05, 0) is 24.3 Å². The van der Waals surface area contributed by atoms with E-state index in [0.29, 0.717) is 49.5 Å². The van der Waals surface area contributed by atoms with Crippen LogP contribution in [0.15, 0.2) is 33.1 Å². The molecule has 0 radical (unpaired) electrons. The van der Waals surface area contributed by atoms with E-state index in [0.717, 1.165) is 0 Å². The van der Waals surface area contributed by atoms with E-state index in [1.54, 1.807) is 24.3 Å². The van der Waals surface area contributed by atoms with Crippen LogP contribution in [0.25, 0.3) is 0 Å². The zero-order chi connectivity index (χ0) is 14.2. The monoisotopic (exact) mass is 282 g/mol. The highest BCUT2D eigenvalue weighted by molar-refractivity contribution is 5.05. The Hall–Kier alpha value is -1.60. The first-order valence-electron chi connectivity index (χ1n) is 6.34. The lowest BCUT2D eigenvalue weighted by Crippen LogP contribution is -2.03. The van der Waals surface area contributed by atoms with E-state index >= 15 is 0 Å². The van der Waals surface area contributed by atoms with Gasteiger partial charge in [0.05, 0.1) is 13.2 Å². The van der Waals surface area contributed by atoms with Crippen molar-refractivity contribution in [2.24, 2.45) is 0 Å². The third kappa shape index (κ3) is 4.50. The smallest absolute Gasteiger partial charge is 0.129 e. The molecule has 0 bridgehead atoms. The van der Waals surface area contributed by atoms with Gasteiger partial charge in [-0.1, -0.05) is 0 Å². The molecule has 0 spiro atoms. The standard InChI is InChI=1S/C14H18O6/c15-7-11-1-3-13(19-11)9-17-5-6-18-10-14-4-2-12(8-16)20-14/h1-4,15-16H,5-10H2. The van der Waals surface area contributed by atoms with Gasteiger partial charge >= 0.3 is 0 Å². The highest BCUT2D eigenvalue weighted by Gasteiger charge is 2.02. The van der Waals surface area contributed by atoms with Crippen molar-refractivity contribution in [2.75, 3.05) is 13.2 Å². The predicted octanol–water partition coefficient (Wildman–Crippen LogP) is 1.59. The van der Waals surface area contributed by atoms with Crippen molar-refractivity contribution in [1.82, 2.24) is 0 Å². The number of aliphatic hydroxyl groups is 2. The Morgan fingerprint density at radius 1 is 0.700 bits per heavy atom. The van der Waals surface area contributed by atoms with Gasteiger partial charge < -0.3 is 28.5 Å². The fourth-order valence-corrected chi connectivity index (χ4v) is 1.63. The van der Waals surface area contributed by atoms with Crippen LogP contribution in [0, 0.1) is 0 Å². The van der Waals surface area contributed by atoms with Crippen LogP contribution in [0.3, 0.4) is 0 Å². The molecule has 0 unspecified atom stereocenters. The number of furan rings is 2. The van der Waals surface area contributed by atoms with Crippen molar-refractivity contribution >= 4 is 0 Å². The minimum Gasteiger partial charge on any atom is -0.461 e. The van der Waals surface area contributed by atoms with Gasteiger partial charge in [-0.25, -0.2) is 0 Å². The molecule has 6 nitrogen and oxygen atoms in total. The molecule has 6 heteroatoms. The molecule has 0 saturated carbocycles. The molecular weight excluding hydrogens is 264 g/mol. The van der Waals surface area contributed by atoms with Crippen LogP contribution >= 0.6 is 0 Å². The van der Waals surface area contributed by atoms with Gasteiger partial charge in [-0.2, -0.15) is 0 Å². The summed E-state index contributed by atoms with van der Waals surface area (Å²) < 4.78 is 21.3. The fourth-order valence-electron chi connectivity index (χ4n) is 1.63. The molecule has 2 heterocycles. The van der Waals surface area contributed by atoms with Crippen LogP contribution in [0.1, 0.15) is 23.0 Å². The van der Waals surface area contributed by atoms with Crippen LogP contribution in [-0.4, -0.2) is 23.4 Å². The maximum Gasteiger partial charge on any atom is 0.129 e. The van der Waals surface area contributed by atoms with E-state index in [2.05, 4.69) is 0 Å². The minimum atomic E-state index is -0.109. The fraction of sp³-hybridized carbons (Fsp3) is 0.429. The number of ether oxygens (including phenoxy) is 2. The van der Waals surface area contributed by atoms with Crippen molar-refractivity contribution in [3.8, 4) is 0 Å². The second-order valence-corrected chi connectivity index (χ2v) is 4.16. The lowest BCUT2D eigenvalue weighted by Gasteiger charge is -2.03. The zero-order valence-electron chi connectivity index (χ0n) is 11.1. The molecule has 2 aromatic heterocycles. The van der Waals surface area contributed by atoms with Gasteiger partial charge in [0.15, 0.2) is 0 Å². The van der Waals surface area contributed by atoms with E-state index in [1.165, 1.54) is 0 Å². The van der Waals surface area contributed by atoms with E-state index in [4.69, 9.17) is 28.5 Å². The summed E-state index contributed by atoms with van der Waals surface area (Å²) in [6, 6.07) is 6.97. The number of rotatable bonds is 9. The number of aliphatic hydroxyl groups excluding tert-OH is 2. The summed E-state index contributed by atoms with van der Waals surface area (Å²) in [6.45, 7) is 1.34. The first-order chi connectivity index (χ1) is 9.81. The summed E-state index contributed by atoms with van der Waals surface area (Å²) in [6.07, 6.45) is 0. The molecule has 0 aliphatic carbocycles. The maximum atomic E-state index is 8.84. The van der Waals surface area contributed by atoms with Gasteiger partial charge in [-0.3, -0.25) is 0 Å². The van der Waals surface area contributed by atoms with Crippen molar-refractivity contribution in [3.05, 3.63) is 47.3 Å². The maximum absolute atomic E-state index is 8.84. The highest BCUT2D eigenvalue weighted by atomic mass is 16.5. The lowest BCUT2D eigenvalue weighted by atomic mass is 10.4. The molecule has 0 aliphatic rings. The van der Waals surface area contributed by atoms with Gasteiger partial charge in [-0.15, -0.1) is 0 Å². The lowest BCUT2D eigenvalue weighted by molar-refractivity contribution is 0.0225. The Morgan fingerprint density at radius 2 is 1.10 bits per heavy atom. The summed E-state index contributed by atoms with van der Waals surface area (Å²) in [7, 11) is 0. The van der Waals surface area contributed by atoms with Crippen molar-refractivity contribution in [1.29, 1.82) is 0 Å². The second kappa shape index (κ2) is 7.86. The molecule has 20 heavy (non-hydrogen) atoms. The highest BCUT2D eigenvalue weighted by Crippen LogP contribution is 2.10. The van der Waals surface area contributed by atoms with Gasteiger partial charge in [0.2, 0.25) is 0 Å². The molecule has 110 valence electrons. The van der Waals surface area contributed by atoms with Crippen LogP contribution < -0.4 is 0 Å². The van der Waals surface area contributed by atoms with Crippen LogP contribution in [-0.2, 0) is 35.9 Å². The molecular formula is C14H18O6. The van der Waals surface area contributed by atoms with Crippen LogP contribution in [0.5, 0.6) is 0 Å². The first kappa shape index (κ1) is 14.8. The summed E-state index contributed by atoms with van der Waals surface area (Å²) >= 11 is 0. The van der Waals surface area contributed by atoms with Crippen molar-refractivity contribution in [3.63, 3.8) is 0 Å². The second-order valence-electron chi connectivity index (χ2n) is 4.16. The predicted molar refractivity (Wildman–Crippen MR) is 68.6 cm³/mol. The number of hydrogen-bond acceptors (Lipinski definition) is 6. The summed E-state index contributed by atoms with van der Waals surface area (Å²) in [5.74, 6) is 2.40. The molecule has 2 aromatic rings. The van der Waals surface area contributed by atoms with Gasteiger partial charge in [0.25, 0.3) is 0 Å². The molecule has 2 N–H and O–H groups in total. The molecule has 0 saturated heterocycles. The molecule has 0 amide bonds. The van der Waals surface area contributed by atoms with E-state index in [1.807, 2.05) is 0 Å². The summed E-state index contributed by atoms with van der Waals surface area (Å²) in [5.41, 5.74) is 0. The Balaban J connectivity index is 1.55. The molecule has 0 aliphatic heterocycles. The quantitative estimate of drug-likeness (QED) is 0.679. The Morgan fingerprint density at radius 3 is 1.45 bits per heavy atom. The SMILES string of the molecule is OCc1ccc(COCCOCc2ccc(CO)o2)o1. The van der Waals surface area contributed by atoms with E-state index in [-0.39, 0.29) is 13.2 Å². The molecule has 0 atom stereocenters. The van der Waals surface area contributed by atoms with Gasteiger partial charge in [0, 0.05) is 0 Å². The molecule has 0 fully saturated rings. The topological polar surface area (TPSA) is 85.2 Å². The van der Waals surface area contributed by atoms with Crippen molar-refractivity contribution in [2.45, 2.75) is 26.4 Å². The third-order valence-electron chi connectivity index (χ3n) is 2.61. The summed E-state index contributed by atoms with van der Waals surface area (Å²) in [5, 5.41) is 17.7. The normalized spacial score (nSPS) is 11.1. The average Bonchev–Trinajstić information content (AvgIpc) is 3.11. The van der Waals surface area contributed by atoms with Crippen LogP contribution in [0.2, 0.25) is 0 Å². The minimum absolute atomic E-state index is 0.109. The zero-order valence-corrected chi connectivity index (χ0v) is 11.1. The average molecular weight is 282 g/mol. The third-order valence-corrected chi connectivity index (χ3v) is 2.61. The Kier molecular flexibility index (Phi) is 5.82. The number of hydrogen-bond donors (Lipinski definition) is 2. The van der Waals surface area contributed by atoms with Crippen molar-refractivity contribution < 1.29 is 28.5 Å². The van der Waals surface area contributed by atoms with E-state index in [9.17, 15) is 0 Å². The summed E-state index contributed by atoms with van der Waals surface area (Å²) in [4.78, 5) is 0. The van der Waals surface area contributed by atoms with Gasteiger partial charge in [0.1, 0.15) is 49.5 Å². The Labute approximate surface area is 116 Å². The first-order valence-corrected chi connectivity index (χ1v) is 6.34. The molecule has 2 rings (SSSR count). The van der Waals surface area contributed by atoms with E-state index < -0.39 is 0 Å². The molecule has 0 aromatic carbocycles.